The van der Waals surface area contributed by atoms with E-state index in [1.807, 2.05) is 53.7 Å². The molecule has 1 saturated heterocycles. The van der Waals surface area contributed by atoms with Crippen LogP contribution in [-0.2, 0) is 23.7 Å². The summed E-state index contributed by atoms with van der Waals surface area (Å²) in [6.07, 6.45) is 7.35. The number of allylic oxidation sites excluding steroid dienone is 6. The average molecular weight is 693 g/mol. The molecule has 14 atom stereocenters. The second kappa shape index (κ2) is 19.3. The van der Waals surface area contributed by atoms with Crippen molar-refractivity contribution in [3.63, 3.8) is 0 Å². The van der Waals surface area contributed by atoms with Crippen LogP contribution >= 0.6 is 0 Å². The van der Waals surface area contributed by atoms with Crippen molar-refractivity contribution in [1.82, 2.24) is 0 Å². The Bertz CT molecular complexity index is 1210. The van der Waals surface area contributed by atoms with Gasteiger partial charge in [0.25, 0.3) is 0 Å². The van der Waals surface area contributed by atoms with Gasteiger partial charge < -0.3 is 44.5 Å². The third-order valence-corrected chi connectivity index (χ3v) is 10.6. The number of methoxy groups -OCH3 is 2. The van der Waals surface area contributed by atoms with E-state index in [9.17, 15) is 30.3 Å². The number of hydrogen-bond acceptors (Lipinski definition) is 10. The number of aliphatic hydroxyl groups excluding tert-OH is 4. The summed E-state index contributed by atoms with van der Waals surface area (Å²) < 4.78 is 23.4. The second-order valence-electron chi connectivity index (χ2n) is 14.4. The topological polar surface area (TPSA) is 155 Å². The van der Waals surface area contributed by atoms with Crippen molar-refractivity contribution in [2.75, 3.05) is 14.2 Å². The maximum Gasteiger partial charge on any atom is 0.373 e. The lowest BCUT2D eigenvalue weighted by Crippen LogP contribution is -2.58. The van der Waals surface area contributed by atoms with Crippen LogP contribution in [0.25, 0.3) is 0 Å². The monoisotopic (exact) mass is 692 g/mol. The number of carbonyl (C=O) groups is 1. The first kappa shape index (κ1) is 42.9. The summed E-state index contributed by atoms with van der Waals surface area (Å²) >= 11 is 0. The first-order valence-corrected chi connectivity index (χ1v) is 17.7. The zero-order valence-corrected chi connectivity index (χ0v) is 31.4. The highest BCUT2D eigenvalue weighted by molar-refractivity contribution is 5.87. The first-order valence-electron chi connectivity index (χ1n) is 17.7. The molecule has 0 spiro atoms. The highest BCUT2D eigenvalue weighted by Gasteiger charge is 2.50. The molecule has 0 saturated carbocycles. The van der Waals surface area contributed by atoms with E-state index in [1.165, 1.54) is 20.3 Å². The normalized spacial score (nSPS) is 41.8. The fourth-order valence-electron chi connectivity index (χ4n) is 7.18. The summed E-state index contributed by atoms with van der Waals surface area (Å²) in [7, 11) is 2.84. The third-order valence-electron chi connectivity index (χ3n) is 10.6. The van der Waals surface area contributed by atoms with Gasteiger partial charge >= 0.3 is 5.97 Å². The van der Waals surface area contributed by atoms with Crippen molar-refractivity contribution in [2.45, 2.75) is 130 Å². The SMILES string of the molecule is C/C=C\C1OC(O)(C(C)C(O)C(C)C2OC(=O)/C(OC)=C/C(C)=C/C(C)C(O)C(CC)C(O)C(C)C/C(C)=C/C=C/C2OC)CC(O)C1C. The number of hydrogen-bond donors (Lipinski definition) is 5. The van der Waals surface area contributed by atoms with Crippen LogP contribution in [0.2, 0.25) is 0 Å². The van der Waals surface area contributed by atoms with Crippen LogP contribution in [0.3, 0.4) is 0 Å². The van der Waals surface area contributed by atoms with E-state index >= 15 is 0 Å². The summed E-state index contributed by atoms with van der Waals surface area (Å²) in [5, 5.41) is 56.7. The zero-order chi connectivity index (χ0) is 37.2. The van der Waals surface area contributed by atoms with Gasteiger partial charge in [-0.3, -0.25) is 0 Å². The Labute approximate surface area is 294 Å². The second-order valence-corrected chi connectivity index (χ2v) is 14.4. The Morgan fingerprint density at radius 2 is 1.76 bits per heavy atom. The van der Waals surface area contributed by atoms with Crippen molar-refractivity contribution < 1.29 is 49.3 Å². The molecular weight excluding hydrogens is 628 g/mol. The van der Waals surface area contributed by atoms with Crippen molar-refractivity contribution >= 4 is 5.97 Å². The van der Waals surface area contributed by atoms with Gasteiger partial charge in [-0.25, -0.2) is 4.79 Å². The van der Waals surface area contributed by atoms with Gasteiger partial charge in [0.05, 0.1) is 37.6 Å². The molecule has 280 valence electrons. The fraction of sp³-hybridized carbons (Fsp3) is 0.718. The summed E-state index contributed by atoms with van der Waals surface area (Å²) in [6.45, 7) is 16.6. The van der Waals surface area contributed by atoms with Crippen LogP contribution in [0.1, 0.15) is 81.6 Å². The van der Waals surface area contributed by atoms with E-state index in [2.05, 4.69) is 0 Å². The molecular formula is C39H64O10. The molecule has 0 aliphatic carbocycles. The molecule has 2 aliphatic rings. The van der Waals surface area contributed by atoms with Gasteiger partial charge in [-0.2, -0.15) is 0 Å². The van der Waals surface area contributed by atoms with Gasteiger partial charge in [0, 0.05) is 43.1 Å². The molecule has 0 amide bonds. The van der Waals surface area contributed by atoms with Crippen LogP contribution in [-0.4, -0.2) is 94.2 Å². The lowest BCUT2D eigenvalue weighted by Gasteiger charge is -2.47. The Hall–Kier alpha value is -2.31. The molecule has 10 nitrogen and oxygen atoms in total. The molecule has 0 aromatic carbocycles. The molecule has 2 rings (SSSR count). The maximum atomic E-state index is 13.7. The third kappa shape index (κ3) is 11.1. The Morgan fingerprint density at radius 1 is 1.10 bits per heavy atom. The number of ether oxygens (including phenoxy) is 4. The van der Waals surface area contributed by atoms with Crippen molar-refractivity contribution in [2.24, 2.45) is 35.5 Å². The van der Waals surface area contributed by atoms with E-state index in [0.29, 0.717) is 18.4 Å². The standard InChI is InChI=1S/C39H64O10/c1-12-15-31-26(7)30(40)21-39(45,49-31)28(9)36(43)27(8)37-32(46-10)17-14-16-22(3)18-24(5)34(41)29(13-2)35(42)25(6)19-23(4)20-33(47-11)38(44)48-37/h12,14-17,19-20,24-32,34-37,40-43,45H,13,18,21H2,1-11H3/b15-12-,17-14+,22-16+,23-19+,33-20-. The van der Waals surface area contributed by atoms with E-state index in [1.54, 1.807) is 45.1 Å². The Balaban J connectivity index is 2.59. The summed E-state index contributed by atoms with van der Waals surface area (Å²) in [4.78, 5) is 13.7. The van der Waals surface area contributed by atoms with Crippen LogP contribution in [0.15, 0.2) is 59.4 Å². The van der Waals surface area contributed by atoms with Gasteiger partial charge in [0.2, 0.25) is 5.76 Å². The van der Waals surface area contributed by atoms with Gasteiger partial charge in [0.15, 0.2) is 5.79 Å². The molecule has 14 unspecified atom stereocenters. The number of cyclic esters (lactones) is 1. The van der Waals surface area contributed by atoms with Crippen LogP contribution < -0.4 is 0 Å². The quantitative estimate of drug-likeness (QED) is 0.173. The molecule has 2 heterocycles. The molecule has 0 bridgehead atoms. The van der Waals surface area contributed by atoms with Gasteiger partial charge in [-0.15, -0.1) is 0 Å². The Morgan fingerprint density at radius 3 is 2.33 bits per heavy atom. The first-order chi connectivity index (χ1) is 23.0. The molecule has 0 aromatic rings. The minimum Gasteiger partial charge on any atom is -0.490 e. The largest absolute Gasteiger partial charge is 0.490 e. The van der Waals surface area contributed by atoms with Crippen molar-refractivity contribution in [3.05, 3.63) is 59.4 Å². The molecule has 49 heavy (non-hydrogen) atoms. The number of esters is 1. The number of aliphatic hydroxyl groups is 5. The van der Waals surface area contributed by atoms with Gasteiger partial charge in [0.1, 0.15) is 12.2 Å². The van der Waals surface area contributed by atoms with Crippen LogP contribution in [0.4, 0.5) is 0 Å². The fourth-order valence-corrected chi connectivity index (χ4v) is 7.18. The van der Waals surface area contributed by atoms with E-state index in [-0.39, 0.29) is 35.9 Å². The molecule has 5 N–H and O–H groups in total. The minimum absolute atomic E-state index is 0.0906. The minimum atomic E-state index is -1.86. The summed E-state index contributed by atoms with van der Waals surface area (Å²) in [5.74, 6) is -5.49. The maximum absolute atomic E-state index is 13.7. The molecule has 1 fully saturated rings. The van der Waals surface area contributed by atoms with Crippen LogP contribution in [0, 0.1) is 35.5 Å². The van der Waals surface area contributed by atoms with E-state index < -0.39 is 66.3 Å². The van der Waals surface area contributed by atoms with Crippen molar-refractivity contribution in [3.8, 4) is 0 Å². The zero-order valence-electron chi connectivity index (χ0n) is 31.4. The molecule has 2 aliphatic heterocycles. The highest BCUT2D eigenvalue weighted by Crippen LogP contribution is 2.40. The summed E-state index contributed by atoms with van der Waals surface area (Å²) in [6, 6.07) is 0. The molecule has 0 radical (unpaired) electrons. The predicted molar refractivity (Wildman–Crippen MR) is 190 cm³/mol. The lowest BCUT2D eigenvalue weighted by atomic mass is 9.77. The van der Waals surface area contributed by atoms with Crippen LogP contribution in [0.5, 0.6) is 0 Å². The number of carbonyl (C=O) groups excluding carboxylic acids is 1. The molecule has 10 heteroatoms. The van der Waals surface area contributed by atoms with E-state index in [4.69, 9.17) is 18.9 Å². The highest BCUT2D eigenvalue weighted by atomic mass is 16.6. The van der Waals surface area contributed by atoms with E-state index in [0.717, 1.165) is 5.57 Å². The van der Waals surface area contributed by atoms with Crippen molar-refractivity contribution in [1.29, 1.82) is 0 Å². The average Bonchev–Trinajstić information content (AvgIpc) is 3.05. The number of rotatable bonds is 8. The summed E-state index contributed by atoms with van der Waals surface area (Å²) in [5.41, 5.74) is 1.64. The molecule has 0 aromatic heterocycles. The lowest BCUT2D eigenvalue weighted by molar-refractivity contribution is -0.313. The smallest absolute Gasteiger partial charge is 0.373 e. The predicted octanol–water partition coefficient (Wildman–Crippen LogP) is 5.00. The van der Waals surface area contributed by atoms with Gasteiger partial charge in [-0.1, -0.05) is 89.1 Å². The van der Waals surface area contributed by atoms with Gasteiger partial charge in [-0.05, 0) is 45.6 Å². The Kier molecular flexibility index (Phi) is 16.9.